The van der Waals surface area contributed by atoms with Crippen molar-refractivity contribution in [3.05, 3.63) is 26.5 Å². The average molecular weight is 313 g/mol. The third-order valence-electron chi connectivity index (χ3n) is 1.77. The van der Waals surface area contributed by atoms with Gasteiger partial charge in [0.2, 0.25) is 0 Å². The van der Waals surface area contributed by atoms with E-state index in [0.717, 1.165) is 9.13 Å². The summed E-state index contributed by atoms with van der Waals surface area (Å²) < 4.78 is 1.01. The zero-order chi connectivity index (χ0) is 9.84. The molecule has 1 aromatic heterocycles. The number of aliphatic hydroxyl groups excluding tert-OH is 1. The van der Waals surface area contributed by atoms with E-state index >= 15 is 0 Å². The van der Waals surface area contributed by atoms with Crippen LogP contribution >= 0.6 is 34.2 Å². The minimum atomic E-state index is -0.145. The summed E-state index contributed by atoms with van der Waals surface area (Å²) in [5.41, 5.74) is 0.856. The molecule has 1 rings (SSSR count). The molecule has 0 saturated carbocycles. The van der Waals surface area contributed by atoms with E-state index in [1.165, 1.54) is 0 Å². The lowest BCUT2D eigenvalue weighted by atomic mass is 10.1. The van der Waals surface area contributed by atoms with Crippen LogP contribution in [0.1, 0.15) is 11.6 Å². The quantitative estimate of drug-likeness (QED) is 0.658. The van der Waals surface area contributed by atoms with Gasteiger partial charge < -0.3 is 10.4 Å². The van der Waals surface area contributed by atoms with Crippen LogP contribution in [-0.4, -0.2) is 23.7 Å². The van der Waals surface area contributed by atoms with E-state index < -0.39 is 0 Å². The maximum atomic E-state index is 9.08. The van der Waals surface area contributed by atoms with E-state index in [2.05, 4.69) is 32.9 Å². The van der Waals surface area contributed by atoms with Crippen LogP contribution in [0.4, 0.5) is 0 Å². The average Bonchev–Trinajstić information content (AvgIpc) is 2.11. The molecule has 0 amide bonds. The fourth-order valence-electron chi connectivity index (χ4n) is 1.06. The van der Waals surface area contributed by atoms with Gasteiger partial charge in [0.05, 0.1) is 12.6 Å². The van der Waals surface area contributed by atoms with Gasteiger partial charge in [-0.1, -0.05) is 11.6 Å². The second-order valence-corrected chi connectivity index (χ2v) is 4.04. The lowest BCUT2D eigenvalue weighted by molar-refractivity contribution is 0.250. The second-order valence-electron chi connectivity index (χ2n) is 2.52. The number of rotatable bonds is 3. The molecule has 72 valence electrons. The monoisotopic (exact) mass is 312 g/mol. The van der Waals surface area contributed by atoms with Gasteiger partial charge in [0.25, 0.3) is 0 Å². The number of nitrogens with zero attached hydrogens (tertiary/aromatic N) is 1. The Morgan fingerprint density at radius 2 is 2.46 bits per heavy atom. The summed E-state index contributed by atoms with van der Waals surface area (Å²) in [5.74, 6) is 0. The normalized spacial score (nSPS) is 12.9. The van der Waals surface area contributed by atoms with Crippen LogP contribution in [-0.2, 0) is 0 Å². The lowest BCUT2D eigenvalue weighted by Gasteiger charge is -2.15. The smallest absolute Gasteiger partial charge is 0.134 e. The summed E-state index contributed by atoms with van der Waals surface area (Å²) in [6.07, 6.45) is 1.65. The number of aliphatic hydroxyl groups is 1. The lowest BCUT2D eigenvalue weighted by Crippen LogP contribution is -2.21. The Balaban J connectivity index is 3.10. The van der Waals surface area contributed by atoms with Crippen molar-refractivity contribution in [1.82, 2.24) is 10.3 Å². The maximum absolute atomic E-state index is 9.08. The number of hydrogen-bond donors (Lipinski definition) is 2. The second kappa shape index (κ2) is 5.09. The Morgan fingerprint density at radius 3 is 2.92 bits per heavy atom. The summed E-state index contributed by atoms with van der Waals surface area (Å²) >= 11 is 8.09. The largest absolute Gasteiger partial charge is 0.394 e. The number of likely N-dealkylation sites (N-methyl/N-ethyl adjacent to an activating group) is 1. The molecule has 0 spiro atoms. The van der Waals surface area contributed by atoms with Crippen LogP contribution in [0.2, 0.25) is 5.15 Å². The fourth-order valence-corrected chi connectivity index (χ4v) is 2.30. The van der Waals surface area contributed by atoms with E-state index in [1.54, 1.807) is 13.2 Å². The zero-order valence-corrected chi connectivity index (χ0v) is 10.0. The molecule has 0 aliphatic carbocycles. The number of nitrogens with one attached hydrogen (secondary N) is 1. The summed E-state index contributed by atoms with van der Waals surface area (Å²) in [7, 11) is 1.78. The first-order valence-electron chi connectivity index (χ1n) is 3.78. The molecule has 0 aromatic carbocycles. The molecule has 1 aromatic rings. The van der Waals surface area contributed by atoms with Gasteiger partial charge in [-0.2, -0.15) is 0 Å². The highest BCUT2D eigenvalue weighted by molar-refractivity contribution is 14.1. The SMILES string of the molecule is CN[C@H](CO)c1c(I)ccnc1Cl. The molecular weight excluding hydrogens is 302 g/mol. The predicted molar refractivity (Wildman–Crippen MR) is 60.9 cm³/mol. The van der Waals surface area contributed by atoms with E-state index in [4.69, 9.17) is 16.7 Å². The van der Waals surface area contributed by atoms with Gasteiger partial charge in [0.15, 0.2) is 0 Å². The van der Waals surface area contributed by atoms with E-state index in [0.29, 0.717) is 5.15 Å². The molecular formula is C8H10ClIN2O. The molecule has 0 unspecified atom stereocenters. The highest BCUT2D eigenvalue weighted by Crippen LogP contribution is 2.25. The molecule has 3 nitrogen and oxygen atoms in total. The van der Waals surface area contributed by atoms with Gasteiger partial charge in [0.1, 0.15) is 5.15 Å². The molecule has 0 aliphatic heterocycles. The van der Waals surface area contributed by atoms with E-state index in [-0.39, 0.29) is 12.6 Å². The summed E-state index contributed by atoms with van der Waals surface area (Å²) in [6, 6.07) is 1.72. The van der Waals surface area contributed by atoms with Gasteiger partial charge in [-0.25, -0.2) is 4.98 Å². The van der Waals surface area contributed by atoms with E-state index in [9.17, 15) is 0 Å². The van der Waals surface area contributed by atoms with Crippen LogP contribution in [0, 0.1) is 3.57 Å². The summed E-state index contributed by atoms with van der Waals surface area (Å²) in [5, 5.41) is 12.5. The van der Waals surface area contributed by atoms with Crippen LogP contribution in [0.15, 0.2) is 12.3 Å². The van der Waals surface area contributed by atoms with Gasteiger partial charge in [-0.3, -0.25) is 0 Å². The van der Waals surface area contributed by atoms with Crippen molar-refractivity contribution in [3.63, 3.8) is 0 Å². The molecule has 1 atom stereocenters. The molecule has 13 heavy (non-hydrogen) atoms. The number of halogens is 2. The van der Waals surface area contributed by atoms with Crippen molar-refractivity contribution < 1.29 is 5.11 Å². The zero-order valence-electron chi connectivity index (χ0n) is 7.09. The highest BCUT2D eigenvalue weighted by Gasteiger charge is 2.15. The van der Waals surface area contributed by atoms with Gasteiger partial charge in [0, 0.05) is 15.3 Å². The molecule has 0 bridgehead atoms. The van der Waals surface area contributed by atoms with E-state index in [1.807, 2.05) is 6.07 Å². The van der Waals surface area contributed by atoms with Crippen LogP contribution in [0.3, 0.4) is 0 Å². The third kappa shape index (κ3) is 2.52. The van der Waals surface area contributed by atoms with Crippen molar-refractivity contribution in [2.45, 2.75) is 6.04 Å². The van der Waals surface area contributed by atoms with Crippen LogP contribution in [0.5, 0.6) is 0 Å². The summed E-state index contributed by atoms with van der Waals surface area (Å²) in [6.45, 7) is 0.0118. The first-order chi connectivity index (χ1) is 6.20. The van der Waals surface area contributed by atoms with Gasteiger partial charge >= 0.3 is 0 Å². The number of aromatic nitrogens is 1. The first-order valence-corrected chi connectivity index (χ1v) is 5.24. The van der Waals surface area contributed by atoms with Crippen molar-refractivity contribution in [1.29, 1.82) is 0 Å². The molecule has 0 radical (unpaired) electrons. The first kappa shape index (κ1) is 11.2. The van der Waals surface area contributed by atoms with Gasteiger partial charge in [-0.05, 0) is 35.7 Å². The maximum Gasteiger partial charge on any atom is 0.134 e. The van der Waals surface area contributed by atoms with Gasteiger partial charge in [-0.15, -0.1) is 0 Å². The third-order valence-corrected chi connectivity index (χ3v) is 3.01. The Labute approximate surface area is 95.7 Å². The molecule has 0 aliphatic rings. The molecule has 5 heteroatoms. The molecule has 2 N–H and O–H groups in total. The minimum absolute atomic E-state index is 0.0118. The Bertz CT molecular complexity index is 271. The van der Waals surface area contributed by atoms with Crippen molar-refractivity contribution >= 4 is 34.2 Å². The fraction of sp³-hybridized carbons (Fsp3) is 0.375. The summed E-state index contributed by atoms with van der Waals surface area (Å²) in [4.78, 5) is 3.97. The van der Waals surface area contributed by atoms with Crippen molar-refractivity contribution in [3.8, 4) is 0 Å². The predicted octanol–water partition coefficient (Wildman–Crippen LogP) is 1.59. The highest BCUT2D eigenvalue weighted by atomic mass is 127. The Kier molecular flexibility index (Phi) is 4.37. The molecule has 0 fully saturated rings. The van der Waals surface area contributed by atoms with Crippen molar-refractivity contribution in [2.75, 3.05) is 13.7 Å². The topological polar surface area (TPSA) is 45.1 Å². The number of pyridine rings is 1. The minimum Gasteiger partial charge on any atom is -0.394 e. The molecule has 0 saturated heterocycles. The standard InChI is InChI=1S/C8H10ClIN2O/c1-11-6(4-13)7-5(10)2-3-12-8(7)9/h2-3,6,11,13H,4H2,1H3/t6-/m1/s1. The Morgan fingerprint density at radius 1 is 1.77 bits per heavy atom. The van der Waals surface area contributed by atoms with Crippen LogP contribution < -0.4 is 5.32 Å². The number of hydrogen-bond acceptors (Lipinski definition) is 3. The van der Waals surface area contributed by atoms with Crippen LogP contribution in [0.25, 0.3) is 0 Å². The Hall–Kier alpha value is 0.0900. The van der Waals surface area contributed by atoms with Crippen molar-refractivity contribution in [2.24, 2.45) is 0 Å². The molecule has 1 heterocycles.